The Hall–Kier alpha value is -1.97. The van der Waals surface area contributed by atoms with E-state index in [1.54, 1.807) is 20.1 Å². The molecule has 0 aliphatic carbocycles. The van der Waals surface area contributed by atoms with Crippen molar-refractivity contribution in [1.29, 1.82) is 0 Å². The lowest BCUT2D eigenvalue weighted by molar-refractivity contribution is -0.137. The zero-order chi connectivity index (χ0) is 14.1. The number of benzene rings is 1. The van der Waals surface area contributed by atoms with Crippen molar-refractivity contribution in [2.75, 3.05) is 13.7 Å². The number of carbonyl (C=O) groups excluding carboxylic acids is 1. The number of rotatable bonds is 7. The average Bonchev–Trinajstić information content (AvgIpc) is 2.40. The Labute approximate surface area is 114 Å². The molecule has 0 spiro atoms. The molecule has 104 valence electrons. The van der Waals surface area contributed by atoms with Gasteiger partial charge >= 0.3 is 5.97 Å². The third-order valence-electron chi connectivity index (χ3n) is 2.41. The number of ether oxygens (including phenoxy) is 3. The van der Waals surface area contributed by atoms with Crippen LogP contribution in [-0.4, -0.2) is 25.8 Å². The predicted octanol–water partition coefficient (Wildman–Crippen LogP) is 2.97. The summed E-state index contributed by atoms with van der Waals surface area (Å²) in [5.74, 6) is 1.25. The summed E-state index contributed by atoms with van der Waals surface area (Å²) in [6, 6.07) is 7.39. The van der Waals surface area contributed by atoms with Crippen LogP contribution in [0.15, 0.2) is 36.4 Å². The minimum Gasteiger partial charge on any atom is -0.497 e. The molecule has 19 heavy (non-hydrogen) atoms. The van der Waals surface area contributed by atoms with Crippen LogP contribution in [0, 0.1) is 0 Å². The van der Waals surface area contributed by atoms with E-state index in [2.05, 4.69) is 0 Å². The molecule has 0 aliphatic rings. The lowest BCUT2D eigenvalue weighted by Crippen LogP contribution is -2.10. The molecular weight excluding hydrogens is 244 g/mol. The van der Waals surface area contributed by atoms with Crippen LogP contribution in [0.3, 0.4) is 0 Å². The number of methoxy groups -OCH3 is 1. The highest BCUT2D eigenvalue weighted by atomic mass is 16.5. The molecular formula is C15H20O4. The molecule has 0 radical (unpaired) electrons. The molecule has 0 unspecified atom stereocenters. The normalized spacial score (nSPS) is 12.2. The van der Waals surface area contributed by atoms with Crippen LogP contribution in [0.4, 0.5) is 0 Å². The highest BCUT2D eigenvalue weighted by molar-refractivity contribution is 5.81. The molecule has 1 rings (SSSR count). The first-order chi connectivity index (χ1) is 9.15. The van der Waals surface area contributed by atoms with Crippen LogP contribution in [0.25, 0.3) is 0 Å². The summed E-state index contributed by atoms with van der Waals surface area (Å²) < 4.78 is 15.6. The Morgan fingerprint density at radius 2 is 1.89 bits per heavy atom. The Bertz CT molecular complexity index is 409. The van der Waals surface area contributed by atoms with Gasteiger partial charge in [0.25, 0.3) is 0 Å². The van der Waals surface area contributed by atoms with Crippen molar-refractivity contribution >= 4 is 5.97 Å². The van der Waals surface area contributed by atoms with Gasteiger partial charge in [-0.2, -0.15) is 0 Å². The maximum Gasteiger partial charge on any atom is 0.330 e. The number of esters is 1. The molecule has 0 amide bonds. The van der Waals surface area contributed by atoms with Crippen LogP contribution in [0.5, 0.6) is 11.5 Å². The molecule has 4 nitrogen and oxygen atoms in total. The average molecular weight is 264 g/mol. The molecule has 0 heterocycles. The number of hydrogen-bond donors (Lipinski definition) is 0. The first kappa shape index (κ1) is 15.1. The van der Waals surface area contributed by atoms with Crippen molar-refractivity contribution in [3.8, 4) is 11.5 Å². The lowest BCUT2D eigenvalue weighted by atomic mass is 10.2. The largest absolute Gasteiger partial charge is 0.497 e. The fourth-order valence-corrected chi connectivity index (χ4v) is 1.48. The number of carbonyl (C=O) groups is 1. The summed E-state index contributed by atoms with van der Waals surface area (Å²) in [6.45, 7) is 4.11. The topological polar surface area (TPSA) is 44.8 Å². The molecule has 1 atom stereocenters. The Morgan fingerprint density at radius 1 is 1.26 bits per heavy atom. The van der Waals surface area contributed by atoms with Crippen LogP contribution < -0.4 is 9.47 Å². The minimum absolute atomic E-state index is 0.0147. The first-order valence-corrected chi connectivity index (χ1v) is 6.29. The van der Waals surface area contributed by atoms with E-state index in [0.29, 0.717) is 13.0 Å². The molecule has 0 aromatic heterocycles. The van der Waals surface area contributed by atoms with Gasteiger partial charge in [-0.3, -0.25) is 0 Å². The van der Waals surface area contributed by atoms with Crippen molar-refractivity contribution in [1.82, 2.24) is 0 Å². The quantitative estimate of drug-likeness (QED) is 0.561. The van der Waals surface area contributed by atoms with Crippen LogP contribution in [0.1, 0.15) is 20.3 Å². The fraction of sp³-hybridized carbons (Fsp3) is 0.400. The molecule has 0 aliphatic heterocycles. The molecule has 4 heteroatoms. The van der Waals surface area contributed by atoms with E-state index < -0.39 is 0 Å². The minimum atomic E-state index is -0.320. The third kappa shape index (κ3) is 5.95. The van der Waals surface area contributed by atoms with E-state index in [1.807, 2.05) is 31.2 Å². The van der Waals surface area contributed by atoms with E-state index >= 15 is 0 Å². The van der Waals surface area contributed by atoms with E-state index in [1.165, 1.54) is 6.08 Å². The lowest BCUT2D eigenvalue weighted by Gasteiger charge is -2.13. The van der Waals surface area contributed by atoms with Gasteiger partial charge in [-0.25, -0.2) is 4.79 Å². The Kier molecular flexibility index (Phi) is 6.50. The standard InChI is InChI=1S/C15H20O4/c1-4-18-15(16)7-5-6-12(2)19-14-10-8-13(17-3)9-11-14/h5,7-12H,4,6H2,1-3H3/b7-5+/t12-/m0/s1. The second-order valence-electron chi connectivity index (χ2n) is 3.99. The van der Waals surface area contributed by atoms with E-state index in [9.17, 15) is 4.79 Å². The van der Waals surface area contributed by atoms with Gasteiger partial charge < -0.3 is 14.2 Å². The van der Waals surface area contributed by atoms with Gasteiger partial charge in [-0.1, -0.05) is 6.08 Å². The highest BCUT2D eigenvalue weighted by Crippen LogP contribution is 2.18. The molecule has 0 fully saturated rings. The summed E-state index contributed by atoms with van der Waals surface area (Å²) in [5.41, 5.74) is 0. The van der Waals surface area contributed by atoms with Crippen molar-refractivity contribution in [3.05, 3.63) is 36.4 Å². The zero-order valence-electron chi connectivity index (χ0n) is 11.6. The molecule has 0 saturated carbocycles. The summed E-state index contributed by atoms with van der Waals surface area (Å²) >= 11 is 0. The molecule has 1 aromatic carbocycles. The van der Waals surface area contributed by atoms with E-state index in [0.717, 1.165) is 11.5 Å². The second kappa shape index (κ2) is 8.19. The van der Waals surface area contributed by atoms with Gasteiger partial charge in [-0.15, -0.1) is 0 Å². The molecule has 1 aromatic rings. The van der Waals surface area contributed by atoms with Crippen LogP contribution in [0.2, 0.25) is 0 Å². The maximum absolute atomic E-state index is 11.1. The molecule has 0 N–H and O–H groups in total. The summed E-state index contributed by atoms with van der Waals surface area (Å²) in [6.07, 6.45) is 3.81. The van der Waals surface area contributed by atoms with E-state index in [4.69, 9.17) is 14.2 Å². The highest BCUT2D eigenvalue weighted by Gasteiger charge is 2.03. The van der Waals surface area contributed by atoms with Gasteiger partial charge in [0.2, 0.25) is 0 Å². The van der Waals surface area contributed by atoms with Crippen molar-refractivity contribution < 1.29 is 19.0 Å². The Balaban J connectivity index is 2.37. The first-order valence-electron chi connectivity index (χ1n) is 6.29. The van der Waals surface area contributed by atoms with Gasteiger partial charge in [0, 0.05) is 12.5 Å². The molecule has 0 saturated heterocycles. The summed E-state index contributed by atoms with van der Waals surface area (Å²) in [5, 5.41) is 0. The van der Waals surface area contributed by atoms with Gasteiger partial charge in [0.1, 0.15) is 11.5 Å². The van der Waals surface area contributed by atoms with Gasteiger partial charge in [0.15, 0.2) is 0 Å². The van der Waals surface area contributed by atoms with E-state index in [-0.39, 0.29) is 12.1 Å². The summed E-state index contributed by atoms with van der Waals surface area (Å²) in [4.78, 5) is 11.1. The van der Waals surface area contributed by atoms with Crippen molar-refractivity contribution in [2.45, 2.75) is 26.4 Å². The summed E-state index contributed by atoms with van der Waals surface area (Å²) in [7, 11) is 1.62. The second-order valence-corrected chi connectivity index (χ2v) is 3.99. The monoisotopic (exact) mass is 264 g/mol. The van der Waals surface area contributed by atoms with Gasteiger partial charge in [0.05, 0.1) is 19.8 Å². The predicted molar refractivity (Wildman–Crippen MR) is 73.5 cm³/mol. The SMILES string of the molecule is CCOC(=O)/C=C/C[C@H](C)Oc1ccc(OC)cc1. The fourth-order valence-electron chi connectivity index (χ4n) is 1.48. The van der Waals surface area contributed by atoms with Gasteiger partial charge in [-0.05, 0) is 38.1 Å². The third-order valence-corrected chi connectivity index (χ3v) is 2.41. The van der Waals surface area contributed by atoms with Crippen LogP contribution in [-0.2, 0) is 9.53 Å². The molecule has 0 bridgehead atoms. The van der Waals surface area contributed by atoms with Crippen molar-refractivity contribution in [3.63, 3.8) is 0 Å². The smallest absolute Gasteiger partial charge is 0.330 e. The van der Waals surface area contributed by atoms with Crippen LogP contribution >= 0.6 is 0 Å². The maximum atomic E-state index is 11.1. The number of hydrogen-bond acceptors (Lipinski definition) is 4. The zero-order valence-corrected chi connectivity index (χ0v) is 11.6. The Morgan fingerprint density at radius 3 is 2.47 bits per heavy atom. The van der Waals surface area contributed by atoms with Crippen molar-refractivity contribution in [2.24, 2.45) is 0 Å².